The van der Waals surface area contributed by atoms with E-state index in [9.17, 15) is 9.90 Å². The molecule has 0 unspecified atom stereocenters. The summed E-state index contributed by atoms with van der Waals surface area (Å²) in [7, 11) is 1.85. The molecule has 0 saturated carbocycles. The number of carbonyl (C=O) groups is 1. The van der Waals surface area contributed by atoms with Crippen LogP contribution in [-0.4, -0.2) is 58.7 Å². The van der Waals surface area contributed by atoms with Gasteiger partial charge in [0.05, 0.1) is 0 Å². The zero-order valence-electron chi connectivity index (χ0n) is 12.3. The van der Waals surface area contributed by atoms with Gasteiger partial charge in [-0.2, -0.15) is 0 Å². The van der Waals surface area contributed by atoms with Crippen molar-refractivity contribution in [3.05, 3.63) is 17.6 Å². The van der Waals surface area contributed by atoms with Crippen LogP contribution in [0.15, 0.2) is 6.07 Å². The molecule has 1 aromatic heterocycles. The molecule has 0 spiro atoms. The van der Waals surface area contributed by atoms with Gasteiger partial charge in [0.25, 0.3) is 0 Å². The third-order valence-electron chi connectivity index (χ3n) is 3.62. The summed E-state index contributed by atoms with van der Waals surface area (Å²) in [5.41, 5.74) is 0.934. The summed E-state index contributed by atoms with van der Waals surface area (Å²) < 4.78 is 0. The zero-order valence-corrected chi connectivity index (χ0v) is 12.3. The topological polar surface area (TPSA) is 69.6 Å². The second kappa shape index (κ2) is 6.17. The fourth-order valence-electron chi connectivity index (χ4n) is 2.46. The second-order valence-corrected chi connectivity index (χ2v) is 5.31. The Balaban J connectivity index is 2.20. The summed E-state index contributed by atoms with van der Waals surface area (Å²) in [5.74, 6) is 0.908. The van der Waals surface area contributed by atoms with E-state index in [2.05, 4.69) is 16.9 Å². The molecule has 1 aliphatic heterocycles. The number of aliphatic carboxylic acids is 1. The lowest BCUT2D eigenvalue weighted by atomic mass is 10.2. The van der Waals surface area contributed by atoms with Gasteiger partial charge in [0, 0.05) is 37.8 Å². The van der Waals surface area contributed by atoms with Gasteiger partial charge >= 0.3 is 5.97 Å². The Hall–Kier alpha value is -1.69. The van der Waals surface area contributed by atoms with Crippen LogP contribution in [0.5, 0.6) is 0 Å². The molecule has 0 radical (unpaired) electrons. The maximum atomic E-state index is 11.3. The first-order valence-corrected chi connectivity index (χ1v) is 7.03. The number of anilines is 1. The maximum absolute atomic E-state index is 11.3. The monoisotopic (exact) mass is 278 g/mol. The molecule has 0 amide bonds. The molecule has 1 aliphatic rings. The van der Waals surface area contributed by atoms with Gasteiger partial charge < -0.3 is 10.0 Å². The van der Waals surface area contributed by atoms with Gasteiger partial charge in [-0.15, -0.1) is 0 Å². The van der Waals surface area contributed by atoms with Crippen LogP contribution in [0.3, 0.4) is 0 Å². The lowest BCUT2D eigenvalue weighted by Gasteiger charge is -2.37. The number of aromatic nitrogens is 2. The van der Waals surface area contributed by atoms with Crippen LogP contribution in [0.25, 0.3) is 0 Å². The minimum absolute atomic E-state index is 0.466. The quantitative estimate of drug-likeness (QED) is 0.884. The van der Waals surface area contributed by atoms with E-state index in [1.54, 1.807) is 0 Å². The predicted octanol–water partition coefficient (Wildman–Crippen LogP) is 0.943. The van der Waals surface area contributed by atoms with E-state index < -0.39 is 12.0 Å². The van der Waals surface area contributed by atoms with Crippen LogP contribution in [0.2, 0.25) is 0 Å². The van der Waals surface area contributed by atoms with Crippen LogP contribution in [-0.2, 0) is 11.2 Å². The number of carboxylic acid groups (broad SMARTS) is 1. The summed E-state index contributed by atoms with van der Waals surface area (Å²) in [6, 6.07) is 1.46. The van der Waals surface area contributed by atoms with Crippen molar-refractivity contribution in [1.29, 1.82) is 0 Å². The standard InChI is InChI=1S/C14H22N4O2/c1-4-5-12-15-10(2)8-13(16-12)18-7-6-17(3)11(9-18)14(19)20/h8,11H,4-7,9H2,1-3H3,(H,19,20)/t11-/m1/s1. The first kappa shape index (κ1) is 14.7. The molecule has 110 valence electrons. The van der Waals surface area contributed by atoms with Crippen molar-refractivity contribution in [2.24, 2.45) is 0 Å². The molecule has 1 aromatic rings. The normalized spacial score (nSPS) is 20.1. The highest BCUT2D eigenvalue weighted by Crippen LogP contribution is 2.18. The highest BCUT2D eigenvalue weighted by Gasteiger charge is 2.30. The number of rotatable bonds is 4. The minimum Gasteiger partial charge on any atom is -0.480 e. The Labute approximate surface area is 119 Å². The van der Waals surface area contributed by atoms with Crippen molar-refractivity contribution < 1.29 is 9.90 Å². The van der Waals surface area contributed by atoms with Crippen molar-refractivity contribution in [3.63, 3.8) is 0 Å². The molecule has 1 saturated heterocycles. The molecular weight excluding hydrogens is 256 g/mol. The third-order valence-corrected chi connectivity index (χ3v) is 3.62. The molecule has 1 N–H and O–H groups in total. The number of hydrogen-bond acceptors (Lipinski definition) is 5. The molecular formula is C14H22N4O2. The highest BCUT2D eigenvalue weighted by atomic mass is 16.4. The highest BCUT2D eigenvalue weighted by molar-refractivity contribution is 5.74. The first-order valence-electron chi connectivity index (χ1n) is 7.03. The van der Waals surface area contributed by atoms with Gasteiger partial charge in [-0.1, -0.05) is 6.92 Å². The van der Waals surface area contributed by atoms with E-state index in [1.165, 1.54) is 0 Å². The Kier molecular flexibility index (Phi) is 4.54. The van der Waals surface area contributed by atoms with Crippen LogP contribution in [0.1, 0.15) is 24.9 Å². The smallest absolute Gasteiger partial charge is 0.322 e. The average molecular weight is 278 g/mol. The lowest BCUT2D eigenvalue weighted by molar-refractivity contribution is -0.142. The Morgan fingerprint density at radius 1 is 1.45 bits per heavy atom. The van der Waals surface area contributed by atoms with Gasteiger partial charge in [0.2, 0.25) is 0 Å². The van der Waals surface area contributed by atoms with Crippen molar-refractivity contribution in [2.75, 3.05) is 31.6 Å². The van der Waals surface area contributed by atoms with Gasteiger partial charge in [-0.3, -0.25) is 9.69 Å². The number of aryl methyl sites for hydroxylation is 2. The predicted molar refractivity (Wildman–Crippen MR) is 77.0 cm³/mol. The SMILES string of the molecule is CCCc1nc(C)cc(N2CCN(C)[C@@H](C(=O)O)C2)n1. The molecule has 2 rings (SSSR count). The molecule has 0 aromatic carbocycles. The van der Waals surface area contributed by atoms with E-state index in [0.29, 0.717) is 6.54 Å². The fourth-order valence-corrected chi connectivity index (χ4v) is 2.46. The summed E-state index contributed by atoms with van der Waals surface area (Å²) in [5, 5.41) is 9.27. The molecule has 6 heteroatoms. The second-order valence-electron chi connectivity index (χ2n) is 5.31. The van der Waals surface area contributed by atoms with Gasteiger partial charge in [-0.25, -0.2) is 9.97 Å². The zero-order chi connectivity index (χ0) is 14.7. The summed E-state index contributed by atoms with van der Waals surface area (Å²) in [4.78, 5) is 24.2. The van der Waals surface area contributed by atoms with Gasteiger partial charge in [0.1, 0.15) is 17.7 Å². The van der Waals surface area contributed by atoms with Crippen molar-refractivity contribution in [2.45, 2.75) is 32.7 Å². The Morgan fingerprint density at radius 3 is 2.85 bits per heavy atom. The minimum atomic E-state index is -0.781. The number of piperazine rings is 1. The number of hydrogen-bond donors (Lipinski definition) is 1. The summed E-state index contributed by atoms with van der Waals surface area (Å²) >= 11 is 0. The molecule has 6 nitrogen and oxygen atoms in total. The van der Waals surface area contributed by atoms with Crippen LogP contribution >= 0.6 is 0 Å². The molecule has 0 aliphatic carbocycles. The molecule has 1 fully saturated rings. The molecule has 1 atom stereocenters. The van der Waals surface area contributed by atoms with E-state index in [0.717, 1.165) is 43.3 Å². The Bertz CT molecular complexity index is 492. The van der Waals surface area contributed by atoms with E-state index in [1.807, 2.05) is 29.8 Å². The maximum Gasteiger partial charge on any atom is 0.322 e. The van der Waals surface area contributed by atoms with Crippen LogP contribution in [0.4, 0.5) is 5.82 Å². The van der Waals surface area contributed by atoms with Crippen molar-refractivity contribution in [3.8, 4) is 0 Å². The lowest BCUT2D eigenvalue weighted by Crippen LogP contribution is -2.55. The van der Waals surface area contributed by atoms with E-state index in [4.69, 9.17) is 0 Å². The largest absolute Gasteiger partial charge is 0.480 e. The molecule has 0 bridgehead atoms. The molecule has 20 heavy (non-hydrogen) atoms. The van der Waals surface area contributed by atoms with E-state index in [-0.39, 0.29) is 0 Å². The summed E-state index contributed by atoms with van der Waals surface area (Å²) in [6.07, 6.45) is 1.86. The molecule has 2 heterocycles. The van der Waals surface area contributed by atoms with Gasteiger partial charge in [-0.05, 0) is 20.4 Å². The average Bonchev–Trinajstić information content (AvgIpc) is 2.38. The number of likely N-dealkylation sites (N-methyl/N-ethyl adjacent to an activating group) is 1. The van der Waals surface area contributed by atoms with Crippen LogP contribution < -0.4 is 4.90 Å². The van der Waals surface area contributed by atoms with Crippen molar-refractivity contribution in [1.82, 2.24) is 14.9 Å². The van der Waals surface area contributed by atoms with E-state index >= 15 is 0 Å². The summed E-state index contributed by atoms with van der Waals surface area (Å²) in [6.45, 7) is 6.04. The van der Waals surface area contributed by atoms with Crippen molar-refractivity contribution >= 4 is 11.8 Å². The van der Waals surface area contributed by atoms with Gasteiger partial charge in [0.15, 0.2) is 0 Å². The Morgan fingerprint density at radius 2 is 2.20 bits per heavy atom. The number of nitrogens with zero attached hydrogens (tertiary/aromatic N) is 4. The third kappa shape index (κ3) is 3.25. The van der Waals surface area contributed by atoms with Crippen LogP contribution in [0, 0.1) is 6.92 Å². The number of carboxylic acids is 1. The first-order chi connectivity index (χ1) is 9.51. The fraction of sp³-hybridized carbons (Fsp3) is 0.643.